The summed E-state index contributed by atoms with van der Waals surface area (Å²) in [5.41, 5.74) is 0.246. The highest BCUT2D eigenvalue weighted by Crippen LogP contribution is 2.24. The van der Waals surface area contributed by atoms with Crippen LogP contribution >= 0.6 is 11.3 Å². The average Bonchev–Trinajstić information content (AvgIpc) is 3.11. The topological polar surface area (TPSA) is 85.5 Å². The molecule has 0 aromatic carbocycles. The molecular formula is C15H18N4O3S2. The summed E-state index contributed by atoms with van der Waals surface area (Å²) in [6, 6.07) is 3.80. The summed E-state index contributed by atoms with van der Waals surface area (Å²) in [5.74, 6) is 0.821. The summed E-state index contributed by atoms with van der Waals surface area (Å²) in [7, 11) is -0.962. The molecule has 0 saturated carbocycles. The van der Waals surface area contributed by atoms with Crippen molar-refractivity contribution in [3.05, 3.63) is 33.7 Å². The first-order valence-electron chi connectivity index (χ1n) is 7.56. The van der Waals surface area contributed by atoms with Crippen LogP contribution in [0.5, 0.6) is 0 Å². The molecule has 1 amide bonds. The van der Waals surface area contributed by atoms with Gasteiger partial charge < -0.3 is 5.32 Å². The number of carbonyl (C=O) groups excluding carboxylic acids is 1. The van der Waals surface area contributed by atoms with E-state index >= 15 is 0 Å². The van der Waals surface area contributed by atoms with Gasteiger partial charge in [0, 0.05) is 41.2 Å². The highest BCUT2D eigenvalue weighted by molar-refractivity contribution is 7.84. The van der Waals surface area contributed by atoms with Crippen LogP contribution in [0, 0.1) is 0 Å². The molecule has 0 spiro atoms. The molecule has 1 atom stereocenters. The molecule has 3 rings (SSSR count). The molecule has 7 nitrogen and oxygen atoms in total. The van der Waals surface area contributed by atoms with E-state index in [4.69, 9.17) is 0 Å². The summed E-state index contributed by atoms with van der Waals surface area (Å²) in [6.07, 6.45) is 2.23. The Hall–Kier alpha value is -2.00. The van der Waals surface area contributed by atoms with E-state index in [1.807, 2.05) is 28.8 Å². The summed E-state index contributed by atoms with van der Waals surface area (Å²) in [6.45, 7) is 2.14. The summed E-state index contributed by atoms with van der Waals surface area (Å²) in [5, 5.41) is 10.00. The van der Waals surface area contributed by atoms with Crippen LogP contribution in [0.3, 0.4) is 0 Å². The van der Waals surface area contributed by atoms with E-state index in [1.54, 1.807) is 17.6 Å². The Kier molecular flexibility index (Phi) is 4.81. The zero-order valence-electron chi connectivity index (χ0n) is 13.4. The maximum atomic E-state index is 12.6. The van der Waals surface area contributed by atoms with Crippen LogP contribution in [0.25, 0.3) is 15.7 Å². The third-order valence-corrected chi connectivity index (χ3v) is 5.37. The first kappa shape index (κ1) is 16.8. The number of nitrogens with one attached hydrogen (secondary N) is 1. The van der Waals surface area contributed by atoms with Crippen molar-refractivity contribution < 1.29 is 9.00 Å². The number of fused-ring (bicyclic) bond motifs is 3. The molecule has 0 aliphatic heterocycles. The molecular weight excluding hydrogens is 348 g/mol. The monoisotopic (exact) mass is 366 g/mol. The third-order valence-electron chi connectivity index (χ3n) is 3.68. The van der Waals surface area contributed by atoms with Gasteiger partial charge in [0.05, 0.1) is 0 Å². The van der Waals surface area contributed by atoms with Crippen LogP contribution in [0.15, 0.2) is 22.3 Å². The molecule has 9 heteroatoms. The Morgan fingerprint density at radius 1 is 1.46 bits per heavy atom. The number of rotatable bonds is 6. The Balaban J connectivity index is 1.94. The van der Waals surface area contributed by atoms with Gasteiger partial charge in [-0.15, -0.1) is 11.3 Å². The van der Waals surface area contributed by atoms with Crippen molar-refractivity contribution in [1.82, 2.24) is 19.5 Å². The van der Waals surface area contributed by atoms with Gasteiger partial charge in [-0.1, -0.05) is 6.92 Å². The fraction of sp³-hybridized carbons (Fsp3) is 0.400. The maximum Gasteiger partial charge on any atom is 0.291 e. The standard InChI is InChI=1S/C15H18N4O3S2/c1-3-12-17-18(9-13(20)16-5-7-24(2)22)14(21)11-8-10-4-6-23-15(10)19(11)12/h4,6,8H,3,5,7,9H2,1-2H3,(H,16,20)/t24-/m0/s1. The van der Waals surface area contributed by atoms with Crippen molar-refractivity contribution in [2.45, 2.75) is 19.9 Å². The fourth-order valence-corrected chi connectivity index (χ4v) is 3.87. The predicted molar refractivity (Wildman–Crippen MR) is 96.2 cm³/mol. The summed E-state index contributed by atoms with van der Waals surface area (Å²) < 4.78 is 14.1. The van der Waals surface area contributed by atoms with Gasteiger partial charge in [-0.3, -0.25) is 18.2 Å². The van der Waals surface area contributed by atoms with E-state index in [9.17, 15) is 13.8 Å². The number of carbonyl (C=O) groups is 1. The molecule has 24 heavy (non-hydrogen) atoms. The van der Waals surface area contributed by atoms with E-state index in [0.29, 0.717) is 24.2 Å². The van der Waals surface area contributed by atoms with E-state index < -0.39 is 10.8 Å². The van der Waals surface area contributed by atoms with Gasteiger partial charge in [0.1, 0.15) is 22.7 Å². The fourth-order valence-electron chi connectivity index (χ4n) is 2.56. The Morgan fingerprint density at radius 2 is 2.25 bits per heavy atom. The van der Waals surface area contributed by atoms with Crippen molar-refractivity contribution in [2.75, 3.05) is 18.6 Å². The number of aryl methyl sites for hydroxylation is 1. The quantitative estimate of drug-likeness (QED) is 0.698. The van der Waals surface area contributed by atoms with Gasteiger partial charge in [-0.2, -0.15) is 5.10 Å². The molecule has 0 radical (unpaired) electrons. The molecule has 3 aromatic heterocycles. The largest absolute Gasteiger partial charge is 0.354 e. The Labute approximate surface area is 144 Å². The van der Waals surface area contributed by atoms with Gasteiger partial charge in [0.15, 0.2) is 0 Å². The normalized spacial score (nSPS) is 12.8. The molecule has 3 aromatic rings. The third kappa shape index (κ3) is 3.13. The number of thiophene rings is 1. The lowest BCUT2D eigenvalue weighted by atomic mass is 10.4. The maximum absolute atomic E-state index is 12.6. The molecule has 0 aliphatic carbocycles. The van der Waals surface area contributed by atoms with Gasteiger partial charge in [0.25, 0.3) is 5.56 Å². The van der Waals surface area contributed by atoms with Gasteiger partial charge >= 0.3 is 0 Å². The molecule has 0 aliphatic rings. The number of hydrogen-bond acceptors (Lipinski definition) is 5. The second-order valence-electron chi connectivity index (χ2n) is 5.41. The summed E-state index contributed by atoms with van der Waals surface area (Å²) >= 11 is 1.56. The zero-order valence-corrected chi connectivity index (χ0v) is 15.1. The minimum atomic E-state index is -0.962. The predicted octanol–water partition coefficient (Wildman–Crippen LogP) is 0.768. The van der Waals surface area contributed by atoms with E-state index in [2.05, 4.69) is 10.4 Å². The second kappa shape index (κ2) is 6.86. The lowest BCUT2D eigenvalue weighted by Crippen LogP contribution is -2.36. The number of nitrogens with zero attached hydrogens (tertiary/aromatic N) is 3. The number of aromatic nitrogens is 3. The van der Waals surface area contributed by atoms with Crippen molar-refractivity contribution >= 4 is 43.8 Å². The summed E-state index contributed by atoms with van der Waals surface area (Å²) in [4.78, 5) is 25.6. The minimum absolute atomic E-state index is 0.141. The first-order valence-corrected chi connectivity index (χ1v) is 10.2. The van der Waals surface area contributed by atoms with Crippen molar-refractivity contribution in [2.24, 2.45) is 0 Å². The van der Waals surface area contributed by atoms with Crippen molar-refractivity contribution in [3.63, 3.8) is 0 Å². The molecule has 0 fully saturated rings. The van der Waals surface area contributed by atoms with E-state index in [1.165, 1.54) is 4.68 Å². The lowest BCUT2D eigenvalue weighted by molar-refractivity contribution is -0.121. The number of hydrogen-bond donors (Lipinski definition) is 1. The Bertz CT molecular complexity index is 986. The highest BCUT2D eigenvalue weighted by atomic mass is 32.2. The molecule has 0 saturated heterocycles. The van der Waals surface area contributed by atoms with Gasteiger partial charge in [-0.05, 0) is 17.5 Å². The van der Waals surface area contributed by atoms with Crippen LogP contribution in [0.4, 0.5) is 0 Å². The van der Waals surface area contributed by atoms with Gasteiger partial charge in [-0.25, -0.2) is 4.68 Å². The Morgan fingerprint density at radius 3 is 2.96 bits per heavy atom. The van der Waals surface area contributed by atoms with Crippen LogP contribution < -0.4 is 10.9 Å². The minimum Gasteiger partial charge on any atom is -0.354 e. The van der Waals surface area contributed by atoms with Crippen molar-refractivity contribution in [1.29, 1.82) is 0 Å². The molecule has 3 heterocycles. The lowest BCUT2D eigenvalue weighted by Gasteiger charge is -2.10. The van der Waals surface area contributed by atoms with Crippen LogP contribution in [-0.4, -0.2) is 42.9 Å². The van der Waals surface area contributed by atoms with Crippen LogP contribution in [-0.2, 0) is 28.6 Å². The molecule has 0 unspecified atom stereocenters. The van der Waals surface area contributed by atoms with Crippen molar-refractivity contribution in [3.8, 4) is 0 Å². The number of amides is 1. The van der Waals surface area contributed by atoms with E-state index in [0.717, 1.165) is 16.0 Å². The molecule has 1 N–H and O–H groups in total. The smallest absolute Gasteiger partial charge is 0.291 e. The molecule has 0 bridgehead atoms. The van der Waals surface area contributed by atoms with Gasteiger partial charge in [0.2, 0.25) is 5.91 Å². The first-order chi connectivity index (χ1) is 11.5. The van der Waals surface area contributed by atoms with E-state index in [-0.39, 0.29) is 18.0 Å². The second-order valence-corrected chi connectivity index (χ2v) is 7.86. The average molecular weight is 366 g/mol. The molecule has 128 valence electrons. The SMILES string of the molecule is CCc1nn(CC(=O)NCC[S@](C)=O)c(=O)c2cc3ccsc3n12. The van der Waals surface area contributed by atoms with Crippen LogP contribution in [0.2, 0.25) is 0 Å². The zero-order chi connectivity index (χ0) is 17.3. The van der Waals surface area contributed by atoms with Crippen LogP contribution in [0.1, 0.15) is 12.7 Å². The highest BCUT2D eigenvalue weighted by Gasteiger charge is 2.15.